The van der Waals surface area contributed by atoms with Crippen molar-refractivity contribution in [2.75, 3.05) is 16.2 Å². The van der Waals surface area contributed by atoms with E-state index in [-0.39, 0.29) is 5.75 Å². The van der Waals surface area contributed by atoms with E-state index in [1.807, 2.05) is 13.8 Å². The molecule has 0 aliphatic carbocycles. The van der Waals surface area contributed by atoms with Crippen LogP contribution in [-0.4, -0.2) is 14.2 Å². The van der Waals surface area contributed by atoms with Gasteiger partial charge in [0.1, 0.15) is 0 Å². The number of rotatable bonds is 3. The van der Waals surface area contributed by atoms with Crippen molar-refractivity contribution in [2.45, 2.75) is 20.8 Å². The van der Waals surface area contributed by atoms with Crippen LogP contribution in [0.3, 0.4) is 0 Å². The van der Waals surface area contributed by atoms with Gasteiger partial charge in [-0.25, -0.2) is 8.42 Å². The highest BCUT2D eigenvalue weighted by molar-refractivity contribution is 7.92. The maximum Gasteiger partial charge on any atom is 0.232 e. The van der Waals surface area contributed by atoms with Gasteiger partial charge in [0.15, 0.2) is 0 Å². The molecule has 1 aromatic rings. The van der Waals surface area contributed by atoms with Crippen LogP contribution < -0.4 is 10.5 Å². The largest absolute Gasteiger partial charge is 0.397 e. The standard InChI is InChI=1S/C10H16N2O2S/c1-4-15(13,14)12-10-6-8(3)7(2)5-9(10)11/h5-6,12H,4,11H2,1-3H3. The second-order valence-corrected chi connectivity index (χ2v) is 5.54. The van der Waals surface area contributed by atoms with E-state index in [0.29, 0.717) is 11.4 Å². The highest BCUT2D eigenvalue weighted by Gasteiger charge is 2.10. The third-order valence-corrected chi connectivity index (χ3v) is 3.60. The fraction of sp³-hybridized carbons (Fsp3) is 0.400. The summed E-state index contributed by atoms with van der Waals surface area (Å²) >= 11 is 0. The molecule has 0 radical (unpaired) electrons. The van der Waals surface area contributed by atoms with Crippen LogP contribution in [0.5, 0.6) is 0 Å². The van der Waals surface area contributed by atoms with E-state index >= 15 is 0 Å². The summed E-state index contributed by atoms with van der Waals surface area (Å²) < 4.78 is 25.2. The highest BCUT2D eigenvalue weighted by Crippen LogP contribution is 2.23. The molecule has 1 rings (SSSR count). The molecule has 0 spiro atoms. The summed E-state index contributed by atoms with van der Waals surface area (Å²) in [7, 11) is -3.25. The molecule has 0 unspecified atom stereocenters. The predicted octanol–water partition coefficient (Wildman–Crippen LogP) is 1.65. The van der Waals surface area contributed by atoms with Crippen LogP contribution in [0.4, 0.5) is 11.4 Å². The van der Waals surface area contributed by atoms with Gasteiger partial charge in [-0.05, 0) is 44.0 Å². The topological polar surface area (TPSA) is 72.2 Å². The van der Waals surface area contributed by atoms with Crippen molar-refractivity contribution < 1.29 is 8.42 Å². The lowest BCUT2D eigenvalue weighted by Gasteiger charge is -2.11. The Morgan fingerprint density at radius 3 is 2.33 bits per heavy atom. The highest BCUT2D eigenvalue weighted by atomic mass is 32.2. The summed E-state index contributed by atoms with van der Waals surface area (Å²) in [6, 6.07) is 3.51. The number of nitrogen functional groups attached to an aromatic ring is 1. The van der Waals surface area contributed by atoms with Gasteiger partial charge in [0.2, 0.25) is 10.0 Å². The van der Waals surface area contributed by atoms with Gasteiger partial charge in [0.05, 0.1) is 17.1 Å². The fourth-order valence-electron chi connectivity index (χ4n) is 1.17. The van der Waals surface area contributed by atoms with Gasteiger partial charge in [-0.2, -0.15) is 0 Å². The SMILES string of the molecule is CCS(=O)(=O)Nc1cc(C)c(C)cc1N. The number of aryl methyl sites for hydroxylation is 2. The lowest BCUT2D eigenvalue weighted by Crippen LogP contribution is -2.15. The molecule has 0 saturated heterocycles. The number of sulfonamides is 1. The number of nitrogens with one attached hydrogen (secondary N) is 1. The molecule has 0 saturated carbocycles. The van der Waals surface area contributed by atoms with Crippen LogP contribution in [0.2, 0.25) is 0 Å². The molecule has 0 atom stereocenters. The third kappa shape index (κ3) is 2.86. The monoisotopic (exact) mass is 228 g/mol. The zero-order valence-electron chi connectivity index (χ0n) is 9.16. The Kier molecular flexibility index (Phi) is 3.24. The Balaban J connectivity index is 3.12. The quantitative estimate of drug-likeness (QED) is 0.773. The van der Waals surface area contributed by atoms with E-state index in [2.05, 4.69) is 4.72 Å². The normalized spacial score (nSPS) is 11.4. The van der Waals surface area contributed by atoms with E-state index in [4.69, 9.17) is 5.73 Å². The maximum atomic E-state index is 11.4. The van der Waals surface area contributed by atoms with E-state index < -0.39 is 10.0 Å². The van der Waals surface area contributed by atoms with Crippen LogP contribution in [0.15, 0.2) is 12.1 Å². The van der Waals surface area contributed by atoms with Crippen molar-refractivity contribution in [3.8, 4) is 0 Å². The maximum absolute atomic E-state index is 11.4. The summed E-state index contributed by atoms with van der Waals surface area (Å²) in [5.41, 5.74) is 8.70. The molecule has 0 fully saturated rings. The Morgan fingerprint density at radius 1 is 1.27 bits per heavy atom. The molecule has 0 amide bonds. The average Bonchev–Trinajstić information content (AvgIpc) is 2.14. The molecule has 0 aromatic heterocycles. The molecule has 0 bridgehead atoms. The Bertz CT molecular complexity index is 467. The first kappa shape index (κ1) is 11.8. The fourth-order valence-corrected chi connectivity index (χ4v) is 1.82. The van der Waals surface area contributed by atoms with Crippen molar-refractivity contribution in [1.82, 2.24) is 0 Å². The van der Waals surface area contributed by atoms with Crippen LogP contribution in [0.25, 0.3) is 0 Å². The molecular weight excluding hydrogens is 212 g/mol. The molecule has 0 heterocycles. The van der Waals surface area contributed by atoms with Gasteiger partial charge in [-0.1, -0.05) is 0 Å². The van der Waals surface area contributed by atoms with Gasteiger partial charge >= 0.3 is 0 Å². The summed E-state index contributed by atoms with van der Waals surface area (Å²) in [5, 5.41) is 0. The van der Waals surface area contributed by atoms with Crippen molar-refractivity contribution in [2.24, 2.45) is 0 Å². The lowest BCUT2D eigenvalue weighted by atomic mass is 10.1. The summed E-state index contributed by atoms with van der Waals surface area (Å²) in [6.07, 6.45) is 0. The molecule has 3 N–H and O–H groups in total. The Morgan fingerprint density at radius 2 is 1.80 bits per heavy atom. The van der Waals surface area contributed by atoms with Gasteiger partial charge in [0, 0.05) is 0 Å². The molecule has 5 heteroatoms. The van der Waals surface area contributed by atoms with Gasteiger partial charge in [-0.15, -0.1) is 0 Å². The van der Waals surface area contributed by atoms with Crippen molar-refractivity contribution in [3.63, 3.8) is 0 Å². The second-order valence-electron chi connectivity index (χ2n) is 3.53. The molecule has 0 aliphatic rings. The smallest absolute Gasteiger partial charge is 0.232 e. The first-order valence-corrected chi connectivity index (χ1v) is 6.38. The molecular formula is C10H16N2O2S. The van der Waals surface area contributed by atoms with Crippen LogP contribution in [0.1, 0.15) is 18.1 Å². The second kappa shape index (κ2) is 4.10. The first-order chi connectivity index (χ1) is 6.85. The molecule has 84 valence electrons. The van der Waals surface area contributed by atoms with Crippen LogP contribution in [0, 0.1) is 13.8 Å². The van der Waals surface area contributed by atoms with Crippen molar-refractivity contribution >= 4 is 21.4 Å². The lowest BCUT2D eigenvalue weighted by molar-refractivity contribution is 0.602. The number of nitrogens with two attached hydrogens (primary N) is 1. The van der Waals surface area contributed by atoms with Crippen molar-refractivity contribution in [1.29, 1.82) is 0 Å². The number of hydrogen-bond acceptors (Lipinski definition) is 3. The van der Waals surface area contributed by atoms with E-state index in [1.54, 1.807) is 19.1 Å². The zero-order chi connectivity index (χ0) is 11.6. The molecule has 4 nitrogen and oxygen atoms in total. The van der Waals surface area contributed by atoms with E-state index in [1.165, 1.54) is 0 Å². The summed E-state index contributed by atoms with van der Waals surface area (Å²) in [6.45, 7) is 5.43. The first-order valence-electron chi connectivity index (χ1n) is 4.73. The van der Waals surface area contributed by atoms with Crippen molar-refractivity contribution in [3.05, 3.63) is 23.3 Å². The van der Waals surface area contributed by atoms with Crippen LogP contribution >= 0.6 is 0 Å². The predicted molar refractivity (Wildman–Crippen MR) is 63.4 cm³/mol. The molecule has 1 aromatic carbocycles. The van der Waals surface area contributed by atoms with Crippen LogP contribution in [-0.2, 0) is 10.0 Å². The zero-order valence-corrected chi connectivity index (χ0v) is 9.98. The molecule has 0 aliphatic heterocycles. The minimum Gasteiger partial charge on any atom is -0.397 e. The van der Waals surface area contributed by atoms with Gasteiger partial charge in [-0.3, -0.25) is 4.72 Å². The van der Waals surface area contributed by atoms with E-state index in [9.17, 15) is 8.42 Å². The Hall–Kier alpha value is -1.23. The number of hydrogen-bond donors (Lipinski definition) is 2. The third-order valence-electron chi connectivity index (χ3n) is 2.31. The van der Waals surface area contributed by atoms with Gasteiger partial charge in [0.25, 0.3) is 0 Å². The number of benzene rings is 1. The number of anilines is 2. The van der Waals surface area contributed by atoms with E-state index in [0.717, 1.165) is 11.1 Å². The summed E-state index contributed by atoms with van der Waals surface area (Å²) in [4.78, 5) is 0. The Labute approximate surface area is 90.5 Å². The average molecular weight is 228 g/mol. The minimum absolute atomic E-state index is 0.0410. The minimum atomic E-state index is -3.25. The van der Waals surface area contributed by atoms with Gasteiger partial charge < -0.3 is 5.73 Å². The summed E-state index contributed by atoms with van der Waals surface area (Å²) in [5.74, 6) is 0.0410. The molecule has 15 heavy (non-hydrogen) atoms.